The predicted molar refractivity (Wildman–Crippen MR) is 58.4 cm³/mol. The number of nitrogens with zero attached hydrogens (tertiary/aromatic N) is 1. The first kappa shape index (κ1) is 17.9. The molecule has 0 saturated heterocycles. The van der Waals surface area contributed by atoms with Crippen molar-refractivity contribution in [1.29, 1.82) is 0 Å². The average Bonchev–Trinajstić information content (AvgIpc) is 2.34. The first-order valence-electron chi connectivity index (χ1n) is 5.58. The molecule has 1 aromatic heterocycles. The van der Waals surface area contributed by atoms with Gasteiger partial charge < -0.3 is 14.2 Å². The quantitative estimate of drug-likeness (QED) is 0.626. The summed E-state index contributed by atoms with van der Waals surface area (Å²) in [7, 11) is 0.777. The molecule has 0 aliphatic carbocycles. The zero-order valence-corrected chi connectivity index (χ0v) is 11.1. The Morgan fingerprint density at radius 1 is 1.23 bits per heavy atom. The zero-order chi connectivity index (χ0) is 17.1. The Morgan fingerprint density at radius 3 is 2.23 bits per heavy atom. The minimum atomic E-state index is -5.46. The summed E-state index contributed by atoms with van der Waals surface area (Å²) in [5.74, 6) is -4.38. The number of carbonyl (C=O) groups is 1. The molecule has 1 aromatic rings. The van der Waals surface area contributed by atoms with E-state index >= 15 is 0 Å². The van der Waals surface area contributed by atoms with Crippen molar-refractivity contribution in [2.24, 2.45) is 0 Å². The Balaban J connectivity index is 3.62. The van der Waals surface area contributed by atoms with Crippen LogP contribution in [0.25, 0.3) is 0 Å². The van der Waals surface area contributed by atoms with Gasteiger partial charge in [-0.3, -0.25) is 0 Å². The Morgan fingerprint density at radius 2 is 1.82 bits per heavy atom. The fourth-order valence-electron chi connectivity index (χ4n) is 1.46. The van der Waals surface area contributed by atoms with Crippen molar-refractivity contribution in [3.05, 3.63) is 17.3 Å². The Labute approximate surface area is 119 Å². The van der Waals surface area contributed by atoms with Gasteiger partial charge >= 0.3 is 18.5 Å². The van der Waals surface area contributed by atoms with Crippen molar-refractivity contribution in [2.45, 2.75) is 19.5 Å². The molecule has 1 rings (SSSR count). The maximum atomic E-state index is 13.0. The van der Waals surface area contributed by atoms with Crippen molar-refractivity contribution in [3.63, 3.8) is 0 Å². The topological polar surface area (TPSA) is 57.7 Å². The lowest BCUT2D eigenvalue weighted by Gasteiger charge is -2.19. The minimum Gasteiger partial charge on any atom is -0.480 e. The highest BCUT2D eigenvalue weighted by Gasteiger charge is 2.45. The molecular weight excluding hydrogens is 324 g/mol. The highest BCUT2D eigenvalue weighted by molar-refractivity contribution is 5.93. The van der Waals surface area contributed by atoms with E-state index in [-0.39, 0.29) is 6.61 Å². The normalized spacial score (nSPS) is 12.0. The molecular formula is C11H9F6NO4. The van der Waals surface area contributed by atoms with Crippen LogP contribution < -0.4 is 9.47 Å². The van der Waals surface area contributed by atoms with Crippen molar-refractivity contribution >= 4 is 5.97 Å². The number of hydrogen-bond acceptors (Lipinski definition) is 5. The van der Waals surface area contributed by atoms with Crippen LogP contribution in [0.1, 0.15) is 22.8 Å². The molecule has 5 nitrogen and oxygen atoms in total. The number of ether oxygens (including phenoxy) is 3. The van der Waals surface area contributed by atoms with E-state index in [1.54, 1.807) is 0 Å². The fraction of sp³-hybridized carbons (Fsp3) is 0.455. The number of methoxy groups -OCH3 is 1. The Kier molecular flexibility index (Phi) is 5.09. The minimum absolute atomic E-state index is 0.266. The summed E-state index contributed by atoms with van der Waals surface area (Å²) >= 11 is 0. The summed E-state index contributed by atoms with van der Waals surface area (Å²) in [5, 5.41) is 0. The highest BCUT2D eigenvalue weighted by atomic mass is 19.4. The van der Waals surface area contributed by atoms with Gasteiger partial charge in [0, 0.05) is 6.20 Å². The van der Waals surface area contributed by atoms with E-state index in [0.29, 0.717) is 6.20 Å². The molecule has 22 heavy (non-hydrogen) atoms. The van der Waals surface area contributed by atoms with E-state index in [1.165, 1.54) is 6.92 Å². The van der Waals surface area contributed by atoms with Gasteiger partial charge in [0.25, 0.3) is 0 Å². The summed E-state index contributed by atoms with van der Waals surface area (Å²) in [4.78, 5) is 14.7. The average molecular weight is 333 g/mol. The van der Waals surface area contributed by atoms with Gasteiger partial charge in [0.05, 0.1) is 13.7 Å². The van der Waals surface area contributed by atoms with Gasteiger partial charge in [0.1, 0.15) is 5.56 Å². The molecule has 0 bridgehead atoms. The van der Waals surface area contributed by atoms with Gasteiger partial charge in [-0.2, -0.15) is 13.2 Å². The lowest BCUT2D eigenvalue weighted by atomic mass is 10.1. The van der Waals surface area contributed by atoms with E-state index < -0.39 is 41.3 Å². The second kappa shape index (κ2) is 6.28. The smallest absolute Gasteiger partial charge is 0.480 e. The molecule has 0 aliphatic heterocycles. The van der Waals surface area contributed by atoms with Crippen LogP contribution >= 0.6 is 0 Å². The molecule has 0 spiro atoms. The molecule has 1 heterocycles. The predicted octanol–water partition coefficient (Wildman–Crippen LogP) is 3.18. The summed E-state index contributed by atoms with van der Waals surface area (Å²) in [5.41, 5.74) is -3.08. The van der Waals surface area contributed by atoms with Crippen LogP contribution in [-0.4, -0.2) is 31.0 Å². The van der Waals surface area contributed by atoms with Crippen LogP contribution in [0.5, 0.6) is 11.6 Å². The molecule has 0 unspecified atom stereocenters. The molecule has 0 fully saturated rings. The van der Waals surface area contributed by atoms with E-state index in [2.05, 4.69) is 19.2 Å². The lowest BCUT2D eigenvalue weighted by Crippen LogP contribution is -2.24. The molecule has 0 aliphatic rings. The fourth-order valence-corrected chi connectivity index (χ4v) is 1.46. The first-order valence-corrected chi connectivity index (χ1v) is 5.58. The van der Waals surface area contributed by atoms with Crippen molar-refractivity contribution in [3.8, 4) is 11.6 Å². The van der Waals surface area contributed by atoms with E-state index in [4.69, 9.17) is 0 Å². The summed E-state index contributed by atoms with van der Waals surface area (Å²) in [6.07, 6.45) is -10.3. The molecule has 0 aromatic carbocycles. The van der Waals surface area contributed by atoms with Gasteiger partial charge in [0.2, 0.25) is 5.88 Å². The third kappa shape index (κ3) is 4.15. The molecule has 124 valence electrons. The van der Waals surface area contributed by atoms with Crippen LogP contribution in [0.4, 0.5) is 26.3 Å². The van der Waals surface area contributed by atoms with Gasteiger partial charge in [-0.05, 0) is 6.92 Å². The number of rotatable bonds is 4. The molecule has 0 N–H and O–H groups in total. The van der Waals surface area contributed by atoms with E-state index in [9.17, 15) is 31.1 Å². The van der Waals surface area contributed by atoms with E-state index in [1.807, 2.05) is 0 Å². The number of hydrogen-bond donors (Lipinski definition) is 0. The number of esters is 1. The van der Waals surface area contributed by atoms with Crippen molar-refractivity contribution in [2.75, 3.05) is 13.7 Å². The Bertz CT molecular complexity index is 555. The van der Waals surface area contributed by atoms with Crippen molar-refractivity contribution in [1.82, 2.24) is 4.98 Å². The lowest BCUT2D eigenvalue weighted by molar-refractivity contribution is -0.276. The largest absolute Gasteiger partial charge is 0.573 e. The molecule has 0 saturated carbocycles. The van der Waals surface area contributed by atoms with Crippen LogP contribution in [0.15, 0.2) is 6.20 Å². The third-order valence-electron chi connectivity index (χ3n) is 2.19. The summed E-state index contributed by atoms with van der Waals surface area (Å²) in [6.45, 7) is 1.06. The third-order valence-corrected chi connectivity index (χ3v) is 2.19. The van der Waals surface area contributed by atoms with Gasteiger partial charge in [0.15, 0.2) is 11.3 Å². The number of aromatic nitrogens is 1. The summed E-state index contributed by atoms with van der Waals surface area (Å²) in [6, 6.07) is 0. The van der Waals surface area contributed by atoms with Crippen LogP contribution in [0.2, 0.25) is 0 Å². The van der Waals surface area contributed by atoms with E-state index in [0.717, 1.165) is 7.11 Å². The second-order valence-corrected chi connectivity index (χ2v) is 3.65. The number of carbonyl (C=O) groups excluding carboxylic acids is 1. The Hall–Kier alpha value is -2.20. The first-order chi connectivity index (χ1) is 10.0. The number of alkyl halides is 6. The monoisotopic (exact) mass is 333 g/mol. The zero-order valence-electron chi connectivity index (χ0n) is 11.1. The number of halogens is 6. The van der Waals surface area contributed by atoms with Crippen molar-refractivity contribution < 1.29 is 45.3 Å². The second-order valence-electron chi connectivity index (χ2n) is 3.65. The maximum Gasteiger partial charge on any atom is 0.573 e. The molecule has 0 radical (unpaired) electrons. The van der Waals surface area contributed by atoms with Crippen LogP contribution in [-0.2, 0) is 10.9 Å². The van der Waals surface area contributed by atoms with Gasteiger partial charge in [-0.1, -0.05) is 0 Å². The molecule has 11 heteroatoms. The molecule has 0 atom stereocenters. The SMILES string of the molecule is CCOC(=O)c1cnc(OC)c(C(F)(F)F)c1OC(F)(F)F. The van der Waals surface area contributed by atoms with Crippen LogP contribution in [0, 0.1) is 0 Å². The van der Waals surface area contributed by atoms with Crippen LogP contribution in [0.3, 0.4) is 0 Å². The highest BCUT2D eigenvalue weighted by Crippen LogP contribution is 2.44. The molecule has 0 amide bonds. The van der Waals surface area contributed by atoms with Gasteiger partial charge in [-0.25, -0.2) is 9.78 Å². The summed E-state index contributed by atoms with van der Waals surface area (Å²) < 4.78 is 88.1. The maximum absolute atomic E-state index is 13.0. The standard InChI is InChI=1S/C11H9F6NO4/c1-3-21-9(19)5-4-18-8(20-2)6(10(12,13)14)7(5)22-11(15,16)17/h4H,3H2,1-2H3. The van der Waals surface area contributed by atoms with Gasteiger partial charge in [-0.15, -0.1) is 13.2 Å². The number of pyridine rings is 1.